The Morgan fingerprint density at radius 1 is 1.27 bits per heavy atom. The molecule has 0 N–H and O–H groups in total. The number of ether oxygens (including phenoxy) is 1. The molecule has 0 amide bonds. The van der Waals surface area contributed by atoms with Gasteiger partial charge in [0.05, 0.1) is 22.2 Å². The van der Waals surface area contributed by atoms with Crippen LogP contribution in [-0.4, -0.2) is 27.0 Å². The molecule has 1 atom stereocenters. The molecule has 0 aliphatic rings. The van der Waals surface area contributed by atoms with Gasteiger partial charge in [0.2, 0.25) is 0 Å². The van der Waals surface area contributed by atoms with E-state index in [0.717, 1.165) is 0 Å². The molecule has 0 saturated heterocycles. The third kappa shape index (κ3) is 5.10. The maximum absolute atomic E-state index is 12.4. The number of para-hydroxylation sites is 2. The van der Waals surface area contributed by atoms with Crippen LogP contribution in [0.1, 0.15) is 11.3 Å². The van der Waals surface area contributed by atoms with Crippen molar-refractivity contribution in [1.82, 2.24) is 15.0 Å². The SMILES string of the molecule is Cc1cnc(CS(=O)c2nc3ccccc3[n-]2)cc1OCC(F)(F)F.[Li+]. The number of aromatic nitrogens is 3. The second-order valence-corrected chi connectivity index (χ2v) is 6.67. The van der Waals surface area contributed by atoms with Gasteiger partial charge in [-0.3, -0.25) is 9.19 Å². The Bertz CT molecular complexity index is 897. The van der Waals surface area contributed by atoms with Gasteiger partial charge in [-0.25, -0.2) is 0 Å². The molecule has 2 heterocycles. The first-order chi connectivity index (χ1) is 11.8. The van der Waals surface area contributed by atoms with Crippen LogP contribution in [0.4, 0.5) is 13.2 Å². The number of benzene rings is 1. The fourth-order valence-corrected chi connectivity index (χ4v) is 3.08. The van der Waals surface area contributed by atoms with Crippen LogP contribution in [-0.2, 0) is 16.6 Å². The molecule has 0 bridgehead atoms. The zero-order valence-electron chi connectivity index (χ0n) is 14.1. The molecular weight excluding hydrogens is 362 g/mol. The fraction of sp³-hybridized carbons (Fsp3) is 0.250. The number of fused-ring (bicyclic) bond motifs is 1. The van der Waals surface area contributed by atoms with E-state index in [1.54, 1.807) is 31.2 Å². The van der Waals surface area contributed by atoms with E-state index < -0.39 is 23.6 Å². The second kappa shape index (κ2) is 8.25. The van der Waals surface area contributed by atoms with Gasteiger partial charge in [-0.15, -0.1) is 0 Å². The monoisotopic (exact) mass is 375 g/mol. The Labute approximate surface area is 162 Å². The normalized spacial score (nSPS) is 12.6. The van der Waals surface area contributed by atoms with E-state index >= 15 is 0 Å². The molecule has 0 spiro atoms. The number of hydrogen-bond acceptors (Lipinski definition) is 4. The quantitative estimate of drug-likeness (QED) is 0.594. The van der Waals surface area contributed by atoms with Crippen molar-refractivity contribution < 1.29 is 41.0 Å². The number of nitrogens with zero attached hydrogens (tertiary/aromatic N) is 3. The molecule has 0 aliphatic heterocycles. The zero-order chi connectivity index (χ0) is 18.0. The summed E-state index contributed by atoms with van der Waals surface area (Å²) in [7, 11) is -1.57. The van der Waals surface area contributed by atoms with E-state index in [1.165, 1.54) is 12.3 Å². The summed E-state index contributed by atoms with van der Waals surface area (Å²) in [6.45, 7) is 0.199. The number of alkyl halides is 3. The summed E-state index contributed by atoms with van der Waals surface area (Å²) in [6.07, 6.45) is -3.04. The second-order valence-electron chi connectivity index (χ2n) is 5.33. The molecule has 132 valence electrons. The minimum atomic E-state index is -4.43. The van der Waals surface area contributed by atoms with Crippen molar-refractivity contribution in [2.75, 3.05) is 6.61 Å². The van der Waals surface area contributed by atoms with Crippen molar-refractivity contribution in [2.24, 2.45) is 0 Å². The largest absolute Gasteiger partial charge is 1.00 e. The summed E-state index contributed by atoms with van der Waals surface area (Å²) in [5, 5.41) is 0.168. The molecule has 3 rings (SSSR count). The van der Waals surface area contributed by atoms with Crippen LogP contribution >= 0.6 is 0 Å². The molecule has 26 heavy (non-hydrogen) atoms. The molecule has 2 aromatic heterocycles. The predicted octanol–water partition coefficient (Wildman–Crippen LogP) is 0.148. The molecule has 0 aliphatic carbocycles. The Balaban J connectivity index is 0.00000243. The van der Waals surface area contributed by atoms with Crippen molar-refractivity contribution in [3.8, 4) is 5.75 Å². The Morgan fingerprint density at radius 2 is 2.00 bits per heavy atom. The molecule has 5 nitrogen and oxygen atoms in total. The number of halogens is 3. The van der Waals surface area contributed by atoms with E-state index in [0.29, 0.717) is 22.3 Å². The van der Waals surface area contributed by atoms with Gasteiger partial charge in [-0.1, -0.05) is 24.3 Å². The summed E-state index contributed by atoms with van der Waals surface area (Å²) in [6, 6.07) is 8.49. The van der Waals surface area contributed by atoms with E-state index in [-0.39, 0.29) is 35.5 Å². The first-order valence-corrected chi connectivity index (χ1v) is 8.56. The van der Waals surface area contributed by atoms with Crippen LogP contribution in [0.15, 0.2) is 41.7 Å². The smallest absolute Gasteiger partial charge is 0.484 e. The van der Waals surface area contributed by atoms with Crippen molar-refractivity contribution in [3.05, 3.63) is 47.8 Å². The van der Waals surface area contributed by atoms with Crippen LogP contribution in [0.3, 0.4) is 0 Å². The van der Waals surface area contributed by atoms with Gasteiger partial charge < -0.3 is 14.7 Å². The van der Waals surface area contributed by atoms with Gasteiger partial charge in [-0.05, 0) is 18.0 Å². The van der Waals surface area contributed by atoms with Crippen LogP contribution in [0.25, 0.3) is 11.0 Å². The minimum Gasteiger partial charge on any atom is -0.484 e. The molecule has 1 aromatic carbocycles. The van der Waals surface area contributed by atoms with Gasteiger partial charge in [-0.2, -0.15) is 13.2 Å². The van der Waals surface area contributed by atoms with Crippen molar-refractivity contribution >= 4 is 21.8 Å². The van der Waals surface area contributed by atoms with Crippen LogP contribution < -0.4 is 28.6 Å². The van der Waals surface area contributed by atoms with Gasteiger partial charge in [0.1, 0.15) is 5.75 Å². The molecule has 0 saturated carbocycles. The number of hydrogen-bond donors (Lipinski definition) is 0. The summed E-state index contributed by atoms with van der Waals surface area (Å²) in [4.78, 5) is 12.5. The average Bonchev–Trinajstić information content (AvgIpc) is 2.99. The third-order valence-corrected chi connectivity index (χ3v) is 4.45. The average molecular weight is 375 g/mol. The van der Waals surface area contributed by atoms with Crippen molar-refractivity contribution in [3.63, 3.8) is 0 Å². The summed E-state index contributed by atoms with van der Waals surface area (Å²) >= 11 is 0. The maximum atomic E-state index is 12.4. The Morgan fingerprint density at radius 3 is 2.69 bits per heavy atom. The van der Waals surface area contributed by atoms with Gasteiger partial charge in [0.15, 0.2) is 6.61 Å². The molecular formula is C16H13F3LiN3O2S. The molecule has 3 aromatic rings. The van der Waals surface area contributed by atoms with Crippen LogP contribution in [0, 0.1) is 6.92 Å². The Hall–Kier alpha value is -1.82. The van der Waals surface area contributed by atoms with Crippen LogP contribution in [0.5, 0.6) is 5.75 Å². The summed E-state index contributed by atoms with van der Waals surface area (Å²) < 4.78 is 54.1. The van der Waals surface area contributed by atoms with E-state index in [9.17, 15) is 17.4 Å². The first-order valence-electron chi connectivity index (χ1n) is 7.25. The zero-order valence-corrected chi connectivity index (χ0v) is 14.9. The van der Waals surface area contributed by atoms with E-state index in [2.05, 4.69) is 15.0 Å². The standard InChI is InChI=1S/C16H13F3N3O2S.Li/c1-10-7-20-11(6-14(10)24-9-16(17,18)19)8-25(23)15-21-12-4-2-3-5-13(12)22-15;/h2-7H,8-9H2,1H3;/q-1;+1. The van der Waals surface area contributed by atoms with Gasteiger partial charge in [0, 0.05) is 23.0 Å². The molecule has 0 radical (unpaired) electrons. The van der Waals surface area contributed by atoms with E-state index in [4.69, 9.17) is 4.74 Å². The van der Waals surface area contributed by atoms with Crippen LogP contribution in [0.2, 0.25) is 0 Å². The van der Waals surface area contributed by atoms with Crippen molar-refractivity contribution in [2.45, 2.75) is 24.0 Å². The maximum Gasteiger partial charge on any atom is 1.00 e. The Kier molecular flexibility index (Phi) is 6.50. The topological polar surface area (TPSA) is 66.2 Å². The number of pyridine rings is 1. The molecule has 1 unspecified atom stereocenters. The van der Waals surface area contributed by atoms with Gasteiger partial charge >= 0.3 is 25.0 Å². The molecule has 0 fully saturated rings. The minimum absolute atomic E-state index is 0. The summed E-state index contributed by atoms with van der Waals surface area (Å²) in [5.41, 5.74) is 2.08. The summed E-state index contributed by atoms with van der Waals surface area (Å²) in [5.74, 6) is 0.0480. The van der Waals surface area contributed by atoms with E-state index in [1.807, 2.05) is 0 Å². The van der Waals surface area contributed by atoms with Gasteiger partial charge in [0.25, 0.3) is 0 Å². The number of rotatable bonds is 5. The number of aryl methyl sites for hydroxylation is 1. The predicted molar refractivity (Wildman–Crippen MR) is 85.7 cm³/mol. The number of imidazole rings is 1. The van der Waals surface area contributed by atoms with Crippen molar-refractivity contribution in [1.29, 1.82) is 0 Å². The fourth-order valence-electron chi connectivity index (χ4n) is 2.12. The third-order valence-electron chi connectivity index (χ3n) is 3.30. The first kappa shape index (κ1) is 20.5. The molecule has 10 heteroatoms.